The first-order valence-electron chi connectivity index (χ1n) is 7.69. The number of benzene rings is 1. The fraction of sp³-hybridized carbons (Fsp3) is 0.500. The van der Waals surface area contributed by atoms with Gasteiger partial charge in [-0.15, -0.1) is 0 Å². The van der Waals surface area contributed by atoms with Crippen LogP contribution < -0.4 is 16.0 Å². The van der Waals surface area contributed by atoms with E-state index in [9.17, 15) is 14.0 Å². The number of quaternary nitrogens is 1. The van der Waals surface area contributed by atoms with Crippen molar-refractivity contribution in [2.24, 2.45) is 11.7 Å². The molecule has 22 heavy (non-hydrogen) atoms. The van der Waals surface area contributed by atoms with Crippen LogP contribution >= 0.6 is 0 Å². The highest BCUT2D eigenvalue weighted by Crippen LogP contribution is 2.08. The Hall–Kier alpha value is -1.95. The van der Waals surface area contributed by atoms with E-state index in [1.54, 1.807) is 18.2 Å². The Bertz CT molecular complexity index is 528. The van der Waals surface area contributed by atoms with Crippen LogP contribution in [0.3, 0.4) is 0 Å². The van der Waals surface area contributed by atoms with Crippen LogP contribution in [-0.2, 0) is 16.0 Å². The van der Waals surface area contributed by atoms with Gasteiger partial charge < -0.3 is 16.0 Å². The summed E-state index contributed by atoms with van der Waals surface area (Å²) in [5, 5.41) is 2.82. The molecular weight excluding hydrogens is 285 g/mol. The Morgan fingerprint density at radius 2 is 1.95 bits per heavy atom. The molecule has 1 saturated heterocycles. The lowest BCUT2D eigenvalue weighted by Gasteiger charge is -2.27. The number of halogens is 1. The summed E-state index contributed by atoms with van der Waals surface area (Å²) in [5.41, 5.74) is 5.90. The summed E-state index contributed by atoms with van der Waals surface area (Å²) < 4.78 is 13.4. The number of hydrogen-bond acceptors (Lipinski definition) is 2. The number of nitrogens with one attached hydrogen (secondary N) is 2. The van der Waals surface area contributed by atoms with Crippen LogP contribution in [0.5, 0.6) is 0 Å². The molecule has 2 amide bonds. The van der Waals surface area contributed by atoms with Crippen LogP contribution in [0, 0.1) is 11.7 Å². The fourth-order valence-electron chi connectivity index (χ4n) is 2.81. The van der Waals surface area contributed by atoms with Gasteiger partial charge in [0.2, 0.25) is 5.91 Å². The summed E-state index contributed by atoms with van der Waals surface area (Å²) >= 11 is 0. The monoisotopic (exact) mass is 308 g/mol. The number of primary amides is 1. The Balaban J connectivity index is 1.66. The van der Waals surface area contributed by atoms with Gasteiger partial charge in [-0.3, -0.25) is 9.59 Å². The first-order chi connectivity index (χ1) is 10.6. The zero-order chi connectivity index (χ0) is 15.9. The van der Waals surface area contributed by atoms with Gasteiger partial charge in [-0.2, -0.15) is 0 Å². The molecule has 0 spiro atoms. The van der Waals surface area contributed by atoms with Crippen molar-refractivity contribution in [3.63, 3.8) is 0 Å². The molecule has 0 saturated carbocycles. The summed E-state index contributed by atoms with van der Waals surface area (Å²) in [6, 6.07) is 6.58. The molecule has 6 heteroatoms. The van der Waals surface area contributed by atoms with Gasteiger partial charge in [0.25, 0.3) is 5.91 Å². The molecule has 5 nitrogen and oxygen atoms in total. The third-order valence-corrected chi connectivity index (χ3v) is 4.18. The van der Waals surface area contributed by atoms with Crippen LogP contribution in [0.1, 0.15) is 18.4 Å². The number of amides is 2. The molecule has 1 aromatic carbocycles. The SMILES string of the molecule is NC(=O)C1CC[NH+](CC(=O)NCCc2ccccc2F)CC1. The van der Waals surface area contributed by atoms with Crippen molar-refractivity contribution in [2.45, 2.75) is 19.3 Å². The average molecular weight is 308 g/mol. The van der Waals surface area contributed by atoms with E-state index in [1.807, 2.05) is 0 Å². The smallest absolute Gasteiger partial charge is 0.275 e. The van der Waals surface area contributed by atoms with Gasteiger partial charge in [-0.1, -0.05) is 18.2 Å². The van der Waals surface area contributed by atoms with E-state index in [0.29, 0.717) is 25.1 Å². The average Bonchev–Trinajstić information content (AvgIpc) is 2.50. The summed E-state index contributed by atoms with van der Waals surface area (Å²) in [7, 11) is 0. The minimum absolute atomic E-state index is 0.0381. The van der Waals surface area contributed by atoms with Crippen molar-refractivity contribution in [3.05, 3.63) is 35.6 Å². The molecular formula is C16H23FN3O2+. The Morgan fingerprint density at radius 3 is 2.59 bits per heavy atom. The molecule has 0 bridgehead atoms. The third-order valence-electron chi connectivity index (χ3n) is 4.18. The Morgan fingerprint density at radius 1 is 1.27 bits per heavy atom. The Kier molecular flexibility index (Phi) is 5.89. The van der Waals surface area contributed by atoms with Gasteiger partial charge in [-0.05, 0) is 18.1 Å². The lowest BCUT2D eigenvalue weighted by atomic mass is 9.96. The van der Waals surface area contributed by atoms with Gasteiger partial charge in [0.15, 0.2) is 6.54 Å². The maximum Gasteiger partial charge on any atom is 0.275 e. The minimum atomic E-state index is -0.242. The highest BCUT2D eigenvalue weighted by Gasteiger charge is 2.26. The first-order valence-corrected chi connectivity index (χ1v) is 7.69. The lowest BCUT2D eigenvalue weighted by molar-refractivity contribution is -0.897. The van der Waals surface area contributed by atoms with E-state index in [4.69, 9.17) is 5.73 Å². The van der Waals surface area contributed by atoms with Crippen molar-refractivity contribution in [1.82, 2.24) is 5.32 Å². The van der Waals surface area contributed by atoms with E-state index in [1.165, 1.54) is 11.0 Å². The predicted octanol–water partition coefficient (Wildman–Crippen LogP) is -0.735. The minimum Gasteiger partial charge on any atom is -0.369 e. The second kappa shape index (κ2) is 7.89. The maximum atomic E-state index is 13.4. The molecule has 1 aliphatic rings. The molecule has 0 atom stereocenters. The number of hydrogen-bond donors (Lipinski definition) is 3. The molecule has 120 valence electrons. The van der Waals surface area contributed by atoms with Crippen molar-refractivity contribution < 1.29 is 18.9 Å². The van der Waals surface area contributed by atoms with Gasteiger partial charge in [-0.25, -0.2) is 4.39 Å². The van der Waals surface area contributed by atoms with E-state index in [2.05, 4.69) is 5.32 Å². The lowest BCUT2D eigenvalue weighted by Crippen LogP contribution is -3.14. The van der Waals surface area contributed by atoms with Crippen LogP contribution in [0.25, 0.3) is 0 Å². The van der Waals surface area contributed by atoms with Gasteiger partial charge >= 0.3 is 0 Å². The van der Waals surface area contributed by atoms with Crippen molar-refractivity contribution >= 4 is 11.8 Å². The summed E-state index contributed by atoms with van der Waals surface area (Å²) in [4.78, 5) is 24.1. The maximum absolute atomic E-state index is 13.4. The molecule has 0 aliphatic carbocycles. The van der Waals surface area contributed by atoms with E-state index in [0.717, 1.165) is 25.9 Å². The highest BCUT2D eigenvalue weighted by atomic mass is 19.1. The second-order valence-corrected chi connectivity index (χ2v) is 5.79. The number of likely N-dealkylation sites (tertiary alicyclic amines) is 1. The van der Waals surface area contributed by atoms with Crippen LogP contribution in [0.15, 0.2) is 24.3 Å². The zero-order valence-corrected chi connectivity index (χ0v) is 12.6. The van der Waals surface area contributed by atoms with Crippen molar-refractivity contribution in [1.29, 1.82) is 0 Å². The summed E-state index contributed by atoms with van der Waals surface area (Å²) in [5.74, 6) is -0.569. The van der Waals surface area contributed by atoms with Crippen molar-refractivity contribution in [2.75, 3.05) is 26.2 Å². The highest BCUT2D eigenvalue weighted by molar-refractivity contribution is 5.77. The van der Waals surface area contributed by atoms with Crippen LogP contribution in [-0.4, -0.2) is 38.0 Å². The number of nitrogens with two attached hydrogens (primary N) is 1. The molecule has 1 aliphatic heterocycles. The quantitative estimate of drug-likeness (QED) is 0.648. The normalized spacial score (nSPS) is 21.3. The Labute approximate surface area is 129 Å². The van der Waals surface area contributed by atoms with Gasteiger partial charge in [0.05, 0.1) is 13.1 Å². The third kappa shape index (κ3) is 4.80. The van der Waals surface area contributed by atoms with E-state index in [-0.39, 0.29) is 23.5 Å². The van der Waals surface area contributed by atoms with Gasteiger partial charge in [0, 0.05) is 25.3 Å². The van der Waals surface area contributed by atoms with E-state index >= 15 is 0 Å². The largest absolute Gasteiger partial charge is 0.369 e. The van der Waals surface area contributed by atoms with Crippen LogP contribution in [0.2, 0.25) is 0 Å². The number of rotatable bonds is 6. The predicted molar refractivity (Wildman–Crippen MR) is 80.6 cm³/mol. The molecule has 0 unspecified atom stereocenters. The summed E-state index contributed by atoms with van der Waals surface area (Å²) in [6.07, 6.45) is 1.97. The second-order valence-electron chi connectivity index (χ2n) is 5.79. The molecule has 2 rings (SSSR count). The van der Waals surface area contributed by atoms with Crippen molar-refractivity contribution in [3.8, 4) is 0 Å². The molecule has 1 fully saturated rings. The fourth-order valence-corrected chi connectivity index (χ4v) is 2.81. The standard InChI is InChI=1S/C16H22FN3O2/c17-14-4-2-1-3-12(14)5-8-19-15(21)11-20-9-6-13(7-10-20)16(18)22/h1-4,13H,5-11H2,(H2,18,22)(H,19,21)/p+1. The number of piperidine rings is 1. The summed E-state index contributed by atoms with van der Waals surface area (Å²) in [6.45, 7) is 2.39. The number of carbonyl (C=O) groups excluding carboxylic acids is 2. The molecule has 0 radical (unpaired) electrons. The van der Waals surface area contributed by atoms with Gasteiger partial charge in [0.1, 0.15) is 5.82 Å². The zero-order valence-electron chi connectivity index (χ0n) is 12.6. The first kappa shape index (κ1) is 16.4. The molecule has 1 heterocycles. The topological polar surface area (TPSA) is 76.6 Å². The molecule has 1 aromatic rings. The molecule has 4 N–H and O–H groups in total. The van der Waals surface area contributed by atoms with E-state index < -0.39 is 0 Å². The molecule has 0 aromatic heterocycles. The van der Waals surface area contributed by atoms with Crippen LogP contribution in [0.4, 0.5) is 4.39 Å². The number of carbonyl (C=O) groups is 2.